The van der Waals surface area contributed by atoms with Crippen molar-refractivity contribution in [3.63, 3.8) is 0 Å². The Morgan fingerprint density at radius 2 is 1.81 bits per heavy atom. The first-order valence-electron chi connectivity index (χ1n) is 7.32. The van der Waals surface area contributed by atoms with Crippen LogP contribution in [0.1, 0.15) is 26.3 Å². The van der Waals surface area contributed by atoms with Gasteiger partial charge in [0, 0.05) is 17.8 Å². The van der Waals surface area contributed by atoms with Gasteiger partial charge in [-0.05, 0) is 30.7 Å². The first-order chi connectivity index (χ1) is 12.6. The molecule has 3 N–H and O–H groups in total. The summed E-state index contributed by atoms with van der Waals surface area (Å²) in [7, 11) is 2.55. The van der Waals surface area contributed by atoms with Gasteiger partial charge in [-0.25, -0.2) is 9.59 Å². The third-order valence-corrected chi connectivity index (χ3v) is 3.66. The number of carboxylic acids is 1. The number of hydrogen-bond donors (Lipinski definition) is 2. The number of ether oxygens (including phenoxy) is 2. The molecule has 144 valence electrons. The zero-order chi connectivity index (χ0) is 20.7. The van der Waals surface area contributed by atoms with E-state index in [1.807, 2.05) is 0 Å². The number of carbonyl (C=O) groups is 2. The molecule has 0 saturated carbocycles. The number of carbonyl (C=O) groups excluding carboxylic acids is 1. The minimum Gasteiger partial charge on any atom is -0.490 e. The number of aryl methyl sites for hydroxylation is 1. The van der Waals surface area contributed by atoms with E-state index in [-0.39, 0.29) is 27.6 Å². The molecule has 0 aliphatic heterocycles. The molecule has 2 aromatic rings. The minimum atomic E-state index is -1.05. The number of nitro groups is 1. The second-order valence-electron chi connectivity index (χ2n) is 5.13. The Morgan fingerprint density at radius 1 is 1.19 bits per heavy atom. The molecule has 2 rings (SSSR count). The summed E-state index contributed by atoms with van der Waals surface area (Å²) in [4.78, 5) is 31.9. The van der Waals surface area contributed by atoms with Gasteiger partial charge >= 0.3 is 17.6 Å². The van der Waals surface area contributed by atoms with E-state index in [9.17, 15) is 19.7 Å². The van der Waals surface area contributed by atoms with Gasteiger partial charge in [0.15, 0.2) is 5.75 Å². The van der Waals surface area contributed by atoms with Gasteiger partial charge in [0.1, 0.15) is 0 Å². The number of hydrogen-bond acceptors (Lipinski definition) is 7. The Morgan fingerprint density at radius 3 is 2.26 bits per heavy atom. The maximum atomic E-state index is 11.3. The lowest BCUT2D eigenvalue weighted by Crippen LogP contribution is -2.05. The Labute approximate surface area is 159 Å². The summed E-state index contributed by atoms with van der Waals surface area (Å²) in [5.74, 6) is -1.56. The summed E-state index contributed by atoms with van der Waals surface area (Å²) in [6.07, 6.45) is 0. The number of nitrogen functional groups attached to an aromatic ring is 1. The van der Waals surface area contributed by atoms with Gasteiger partial charge in [-0.15, -0.1) is 0 Å². The number of halogens is 1. The van der Waals surface area contributed by atoms with Crippen LogP contribution in [0.3, 0.4) is 0 Å². The van der Waals surface area contributed by atoms with Crippen LogP contribution in [-0.4, -0.2) is 36.2 Å². The maximum Gasteiger partial charge on any atom is 0.338 e. The molecule has 10 heteroatoms. The fraction of sp³-hybridized carbons (Fsp3) is 0.176. The molecule has 0 bridgehead atoms. The number of carboxylic acid groups (broad SMARTS) is 1. The second kappa shape index (κ2) is 9.39. The van der Waals surface area contributed by atoms with Crippen molar-refractivity contribution < 1.29 is 29.1 Å². The van der Waals surface area contributed by atoms with Gasteiger partial charge < -0.3 is 20.3 Å². The molecular formula is C17H17ClN2O7. The number of esters is 1. The number of nitrogens with zero attached hydrogens (tertiary/aromatic N) is 1. The van der Waals surface area contributed by atoms with Gasteiger partial charge in [0.2, 0.25) is 0 Å². The molecule has 0 radical (unpaired) electrons. The molecule has 0 aromatic heterocycles. The van der Waals surface area contributed by atoms with Crippen molar-refractivity contribution in [2.24, 2.45) is 0 Å². The molecule has 27 heavy (non-hydrogen) atoms. The Hall–Kier alpha value is -3.33. The van der Waals surface area contributed by atoms with Crippen LogP contribution in [0.4, 0.5) is 11.4 Å². The summed E-state index contributed by atoms with van der Waals surface area (Å²) in [6.45, 7) is 1.60. The van der Waals surface area contributed by atoms with Crippen molar-refractivity contribution in [3.8, 4) is 5.75 Å². The molecule has 0 heterocycles. The fourth-order valence-electron chi connectivity index (χ4n) is 2.01. The highest BCUT2D eigenvalue weighted by molar-refractivity contribution is 6.33. The van der Waals surface area contributed by atoms with Crippen LogP contribution in [0.15, 0.2) is 30.3 Å². The zero-order valence-corrected chi connectivity index (χ0v) is 15.4. The lowest BCUT2D eigenvalue weighted by molar-refractivity contribution is -0.385. The molecule has 9 nitrogen and oxygen atoms in total. The number of rotatable bonds is 4. The summed E-state index contributed by atoms with van der Waals surface area (Å²) in [5, 5.41) is 19.4. The normalized spacial score (nSPS) is 9.63. The van der Waals surface area contributed by atoms with Gasteiger partial charge in [-0.2, -0.15) is 0 Å². The van der Waals surface area contributed by atoms with E-state index in [1.165, 1.54) is 44.6 Å². The number of benzene rings is 2. The van der Waals surface area contributed by atoms with Crippen molar-refractivity contribution in [1.29, 1.82) is 0 Å². The molecular weight excluding hydrogens is 380 g/mol. The number of methoxy groups -OCH3 is 2. The monoisotopic (exact) mass is 396 g/mol. The molecule has 0 aliphatic carbocycles. The minimum absolute atomic E-state index is 0.0380. The third kappa shape index (κ3) is 5.58. The predicted molar refractivity (Wildman–Crippen MR) is 98.5 cm³/mol. The number of aromatic carboxylic acids is 1. The van der Waals surface area contributed by atoms with Crippen molar-refractivity contribution in [3.05, 3.63) is 62.2 Å². The number of nitrogens with two attached hydrogens (primary N) is 1. The van der Waals surface area contributed by atoms with Crippen LogP contribution in [0.2, 0.25) is 5.02 Å². The molecule has 0 spiro atoms. The summed E-state index contributed by atoms with van der Waals surface area (Å²) < 4.78 is 9.40. The van der Waals surface area contributed by atoms with Gasteiger partial charge in [0.05, 0.1) is 35.3 Å². The van der Waals surface area contributed by atoms with Crippen LogP contribution in [0.25, 0.3) is 0 Å². The lowest BCUT2D eigenvalue weighted by atomic mass is 10.1. The van der Waals surface area contributed by atoms with E-state index >= 15 is 0 Å². The van der Waals surface area contributed by atoms with Crippen molar-refractivity contribution in [2.75, 3.05) is 20.0 Å². The molecule has 2 aromatic carbocycles. The van der Waals surface area contributed by atoms with Crippen molar-refractivity contribution >= 4 is 34.9 Å². The van der Waals surface area contributed by atoms with E-state index in [2.05, 4.69) is 4.74 Å². The Balaban J connectivity index is 0.000000289. The molecule has 0 aliphatic rings. The quantitative estimate of drug-likeness (QED) is 0.347. The van der Waals surface area contributed by atoms with E-state index in [4.69, 9.17) is 27.2 Å². The molecule has 0 unspecified atom stereocenters. The number of nitro benzene ring substituents is 1. The average molecular weight is 397 g/mol. The fourth-order valence-corrected chi connectivity index (χ4v) is 2.28. The Kier molecular flexibility index (Phi) is 7.55. The SMILES string of the molecule is COC(=O)c1cc(OC)c([N+](=O)[O-])cc1C.Nc1ccc(C(=O)O)c(Cl)c1. The van der Waals surface area contributed by atoms with E-state index in [0.717, 1.165) is 0 Å². The third-order valence-electron chi connectivity index (χ3n) is 3.35. The summed E-state index contributed by atoms with van der Waals surface area (Å²) in [6, 6.07) is 6.87. The summed E-state index contributed by atoms with van der Waals surface area (Å²) >= 11 is 5.56. The van der Waals surface area contributed by atoms with Crippen LogP contribution >= 0.6 is 11.6 Å². The summed E-state index contributed by atoms with van der Waals surface area (Å²) in [5.41, 5.74) is 6.43. The second-order valence-corrected chi connectivity index (χ2v) is 5.54. The smallest absolute Gasteiger partial charge is 0.338 e. The largest absolute Gasteiger partial charge is 0.490 e. The van der Waals surface area contributed by atoms with Crippen LogP contribution in [0, 0.1) is 17.0 Å². The first-order valence-corrected chi connectivity index (χ1v) is 7.69. The van der Waals surface area contributed by atoms with Crippen LogP contribution in [0.5, 0.6) is 5.75 Å². The standard InChI is InChI=1S/C10H11NO5.C7H6ClNO2/c1-6-4-8(11(13)14)9(15-2)5-7(6)10(12)16-3;8-6-3-4(9)1-2-5(6)7(10)11/h4-5H,1-3H3;1-3H,9H2,(H,10,11). The lowest BCUT2D eigenvalue weighted by Gasteiger charge is -2.07. The molecule has 0 fully saturated rings. The zero-order valence-electron chi connectivity index (χ0n) is 14.7. The Bertz CT molecular complexity index is 884. The molecule has 0 amide bonds. The highest BCUT2D eigenvalue weighted by atomic mass is 35.5. The predicted octanol–water partition coefficient (Wildman–Crippen LogP) is 3.32. The van der Waals surface area contributed by atoms with E-state index < -0.39 is 16.9 Å². The van der Waals surface area contributed by atoms with E-state index in [0.29, 0.717) is 11.3 Å². The van der Waals surface area contributed by atoms with Gasteiger partial charge in [0.25, 0.3) is 0 Å². The topological polar surface area (TPSA) is 142 Å². The van der Waals surface area contributed by atoms with Crippen LogP contribution < -0.4 is 10.5 Å². The average Bonchev–Trinajstić information content (AvgIpc) is 2.60. The molecule has 0 saturated heterocycles. The van der Waals surface area contributed by atoms with Gasteiger partial charge in [-0.3, -0.25) is 10.1 Å². The van der Waals surface area contributed by atoms with Crippen molar-refractivity contribution in [2.45, 2.75) is 6.92 Å². The first kappa shape index (κ1) is 21.7. The van der Waals surface area contributed by atoms with Crippen molar-refractivity contribution in [1.82, 2.24) is 0 Å². The van der Waals surface area contributed by atoms with Gasteiger partial charge in [-0.1, -0.05) is 11.6 Å². The van der Waals surface area contributed by atoms with E-state index in [1.54, 1.807) is 6.92 Å². The number of anilines is 1. The maximum absolute atomic E-state index is 11.3. The highest BCUT2D eigenvalue weighted by Crippen LogP contribution is 2.30. The van der Waals surface area contributed by atoms with Crippen LogP contribution in [-0.2, 0) is 4.74 Å². The highest BCUT2D eigenvalue weighted by Gasteiger charge is 2.20. The molecule has 0 atom stereocenters.